The van der Waals surface area contributed by atoms with Crippen molar-refractivity contribution in [3.05, 3.63) is 107 Å². The normalized spacial score (nSPS) is 21.2. The van der Waals surface area contributed by atoms with Gasteiger partial charge in [-0.1, -0.05) is 98.5 Å². The van der Waals surface area contributed by atoms with Crippen LogP contribution in [0.25, 0.3) is 23.0 Å². The average molecular weight is 643 g/mol. The quantitative estimate of drug-likeness (QED) is 0.157. The van der Waals surface area contributed by atoms with Gasteiger partial charge in [-0.25, -0.2) is 13.1 Å². The van der Waals surface area contributed by atoms with E-state index >= 15 is 0 Å². The summed E-state index contributed by atoms with van der Waals surface area (Å²) in [6.07, 6.45) is 4.70. The Morgan fingerprint density at radius 1 is 0.955 bits per heavy atom. The van der Waals surface area contributed by atoms with E-state index in [1.54, 1.807) is 32.1 Å². The van der Waals surface area contributed by atoms with Gasteiger partial charge in [-0.05, 0) is 61.1 Å². The molecule has 2 aliphatic heterocycles. The van der Waals surface area contributed by atoms with Crippen LogP contribution < -0.4 is 0 Å². The van der Waals surface area contributed by atoms with E-state index in [4.69, 9.17) is 17.3 Å². The lowest BCUT2D eigenvalue weighted by Crippen LogP contribution is -2.42. The summed E-state index contributed by atoms with van der Waals surface area (Å²) in [5, 5.41) is 4.89. The molecule has 6 rings (SSSR count). The predicted octanol–water partition coefficient (Wildman–Crippen LogP) is 7.17. The van der Waals surface area contributed by atoms with E-state index in [2.05, 4.69) is 13.8 Å². The van der Waals surface area contributed by atoms with Crippen molar-refractivity contribution in [1.82, 2.24) is 19.0 Å². The van der Waals surface area contributed by atoms with Gasteiger partial charge in [-0.3, -0.25) is 9.69 Å². The zero-order valence-corrected chi connectivity index (χ0v) is 27.3. The van der Waals surface area contributed by atoms with Gasteiger partial charge in [-0.15, -0.1) is 0 Å². The molecule has 3 heterocycles. The Bertz CT molecular complexity index is 1830. The van der Waals surface area contributed by atoms with Crippen LogP contribution in [-0.2, 0) is 14.8 Å². The number of thiocarbonyl (C=S) groups is 1. The van der Waals surface area contributed by atoms with E-state index in [1.165, 1.54) is 11.8 Å². The van der Waals surface area contributed by atoms with E-state index in [1.807, 2.05) is 85.9 Å². The number of thioether (sulfide) groups is 1. The monoisotopic (exact) mass is 642 g/mol. The molecule has 2 fully saturated rings. The molecule has 0 aliphatic carbocycles. The van der Waals surface area contributed by atoms with Crippen molar-refractivity contribution in [2.24, 2.45) is 11.8 Å². The number of nitrogens with zero attached hydrogens (tertiary/aromatic N) is 4. The van der Waals surface area contributed by atoms with Gasteiger partial charge < -0.3 is 0 Å². The van der Waals surface area contributed by atoms with Gasteiger partial charge in [0.1, 0.15) is 10.0 Å². The molecule has 2 aliphatic rings. The number of amides is 1. The van der Waals surface area contributed by atoms with Gasteiger partial charge in [0.05, 0.1) is 21.5 Å². The highest BCUT2D eigenvalue weighted by molar-refractivity contribution is 8.26. The highest BCUT2D eigenvalue weighted by Gasteiger charge is 2.36. The van der Waals surface area contributed by atoms with Crippen LogP contribution in [0.4, 0.5) is 0 Å². The van der Waals surface area contributed by atoms with Crippen LogP contribution in [0.2, 0.25) is 0 Å². The SMILES string of the molecule is CC1CC(C)CN(S(=O)(=O)c2cccc(-c3nn(-c4ccccc4)cc3C=C3SC(=S)N(C(C)c4ccccc4)C3=O)c2)C1. The minimum atomic E-state index is -3.70. The van der Waals surface area contributed by atoms with Gasteiger partial charge in [0.25, 0.3) is 5.91 Å². The van der Waals surface area contributed by atoms with Crippen molar-refractivity contribution in [2.45, 2.75) is 38.1 Å². The second kappa shape index (κ2) is 12.4. The zero-order valence-electron chi connectivity index (χ0n) is 24.8. The molecule has 1 amide bonds. The maximum absolute atomic E-state index is 13.8. The molecular formula is C34H34N4O3S3. The van der Waals surface area contributed by atoms with E-state index in [0.717, 1.165) is 17.7 Å². The molecule has 1 aromatic heterocycles. The first-order valence-electron chi connectivity index (χ1n) is 14.7. The molecule has 3 atom stereocenters. The molecule has 0 spiro atoms. The summed E-state index contributed by atoms with van der Waals surface area (Å²) in [6, 6.07) is 26.2. The molecule has 4 aromatic rings. The van der Waals surface area contributed by atoms with E-state index < -0.39 is 10.0 Å². The second-order valence-corrected chi connectivity index (χ2v) is 15.3. The molecule has 0 saturated carbocycles. The largest absolute Gasteiger partial charge is 0.286 e. The number of sulfonamides is 1. The van der Waals surface area contributed by atoms with Crippen molar-refractivity contribution < 1.29 is 13.2 Å². The summed E-state index contributed by atoms with van der Waals surface area (Å²) in [5.41, 5.74) is 3.76. The van der Waals surface area contributed by atoms with Gasteiger partial charge in [0.15, 0.2) is 0 Å². The molecule has 0 radical (unpaired) electrons. The van der Waals surface area contributed by atoms with Crippen LogP contribution >= 0.6 is 24.0 Å². The molecule has 2 saturated heterocycles. The number of carbonyl (C=O) groups is 1. The molecule has 0 bridgehead atoms. The van der Waals surface area contributed by atoms with Crippen molar-refractivity contribution >= 4 is 50.3 Å². The summed E-state index contributed by atoms with van der Waals surface area (Å²) in [4.78, 5) is 16.1. The lowest BCUT2D eigenvalue weighted by molar-refractivity contribution is -0.123. The second-order valence-electron chi connectivity index (χ2n) is 11.6. The Morgan fingerprint density at radius 3 is 2.30 bits per heavy atom. The summed E-state index contributed by atoms with van der Waals surface area (Å²) in [7, 11) is -3.70. The number of rotatable bonds is 7. The van der Waals surface area contributed by atoms with Gasteiger partial charge in [0.2, 0.25) is 10.0 Å². The molecule has 44 heavy (non-hydrogen) atoms. The Kier molecular flexibility index (Phi) is 8.61. The Labute approximate surface area is 268 Å². The van der Waals surface area contributed by atoms with Crippen LogP contribution in [0.5, 0.6) is 0 Å². The van der Waals surface area contributed by atoms with Gasteiger partial charge in [0, 0.05) is 30.4 Å². The number of aromatic nitrogens is 2. The summed E-state index contributed by atoms with van der Waals surface area (Å²) in [6.45, 7) is 7.18. The minimum absolute atomic E-state index is 0.167. The fraction of sp³-hybridized carbons (Fsp3) is 0.265. The number of hydrogen-bond donors (Lipinski definition) is 0. The number of hydrogen-bond acceptors (Lipinski definition) is 6. The fourth-order valence-corrected chi connectivity index (χ4v) is 9.16. The lowest BCUT2D eigenvalue weighted by atomic mass is 9.94. The molecule has 0 N–H and O–H groups in total. The minimum Gasteiger partial charge on any atom is -0.286 e. The first-order chi connectivity index (χ1) is 21.1. The van der Waals surface area contributed by atoms with Crippen LogP contribution in [0.3, 0.4) is 0 Å². The molecule has 3 aromatic carbocycles. The average Bonchev–Trinajstić information content (AvgIpc) is 3.57. The van der Waals surface area contributed by atoms with Crippen LogP contribution in [0.15, 0.2) is 101 Å². The highest BCUT2D eigenvalue weighted by Crippen LogP contribution is 2.39. The van der Waals surface area contributed by atoms with Crippen molar-refractivity contribution in [3.8, 4) is 16.9 Å². The summed E-state index contributed by atoms with van der Waals surface area (Å²) >= 11 is 6.93. The number of benzene rings is 3. The van der Waals surface area contributed by atoms with Crippen LogP contribution in [0, 0.1) is 11.8 Å². The zero-order chi connectivity index (χ0) is 31.0. The Morgan fingerprint density at radius 2 is 1.61 bits per heavy atom. The Balaban J connectivity index is 1.39. The van der Waals surface area contributed by atoms with Crippen LogP contribution in [0.1, 0.15) is 44.4 Å². The molecule has 7 nitrogen and oxygen atoms in total. The fourth-order valence-electron chi connectivity index (χ4n) is 6.02. The van der Waals surface area contributed by atoms with Crippen molar-refractivity contribution in [3.63, 3.8) is 0 Å². The predicted molar refractivity (Wildman–Crippen MR) is 181 cm³/mol. The maximum atomic E-state index is 13.8. The van der Waals surface area contributed by atoms with E-state index in [0.29, 0.717) is 51.0 Å². The lowest BCUT2D eigenvalue weighted by Gasteiger charge is -2.34. The highest BCUT2D eigenvalue weighted by atomic mass is 32.2. The smallest absolute Gasteiger partial charge is 0.266 e. The standard InChI is InChI=1S/C34H34N4O3S3/c1-23-17-24(2)21-36(20-23)44(40,41)30-16-10-13-27(18-30)32-28(22-37(35-32)29-14-8-5-9-15-29)19-31-33(39)38(34(42)43-31)25(3)26-11-6-4-7-12-26/h4-16,18-19,22-25H,17,20-21H2,1-3H3. The van der Waals surface area contributed by atoms with Crippen molar-refractivity contribution in [1.29, 1.82) is 0 Å². The van der Waals surface area contributed by atoms with Gasteiger partial charge >= 0.3 is 0 Å². The third kappa shape index (κ3) is 6.04. The Hall–Kier alpha value is -3.57. The molecule has 3 unspecified atom stereocenters. The first kappa shape index (κ1) is 30.5. The molecular weight excluding hydrogens is 609 g/mol. The number of piperidine rings is 1. The first-order valence-corrected chi connectivity index (χ1v) is 17.4. The third-order valence-electron chi connectivity index (χ3n) is 8.12. The van der Waals surface area contributed by atoms with Crippen molar-refractivity contribution in [2.75, 3.05) is 13.1 Å². The van der Waals surface area contributed by atoms with Gasteiger partial charge in [-0.2, -0.15) is 9.40 Å². The van der Waals surface area contributed by atoms with E-state index in [9.17, 15) is 13.2 Å². The number of para-hydroxylation sites is 1. The summed E-state index contributed by atoms with van der Waals surface area (Å²) in [5.74, 6) is 0.431. The number of carbonyl (C=O) groups excluding carboxylic acids is 1. The summed E-state index contributed by atoms with van der Waals surface area (Å²) < 4.78 is 31.4. The third-order valence-corrected chi connectivity index (χ3v) is 11.3. The maximum Gasteiger partial charge on any atom is 0.266 e. The van der Waals surface area contributed by atoms with Crippen LogP contribution in [-0.4, -0.2) is 50.7 Å². The van der Waals surface area contributed by atoms with E-state index in [-0.39, 0.29) is 16.8 Å². The topological polar surface area (TPSA) is 75.5 Å². The molecule has 10 heteroatoms. The molecule has 226 valence electrons.